The maximum absolute atomic E-state index is 15.0. The number of benzene rings is 2. The lowest BCUT2D eigenvalue weighted by molar-refractivity contribution is 0.102. The fourth-order valence-electron chi connectivity index (χ4n) is 4.73. The second-order valence-corrected chi connectivity index (χ2v) is 9.62. The first-order valence-electron chi connectivity index (χ1n) is 11.3. The first-order valence-corrected chi connectivity index (χ1v) is 12.2. The van der Waals surface area contributed by atoms with Crippen LogP contribution < -0.4 is 15.8 Å². The number of nitrogens with one attached hydrogen (secondary N) is 1. The summed E-state index contributed by atoms with van der Waals surface area (Å²) in [6.07, 6.45) is 4.23. The highest BCUT2D eigenvalue weighted by Gasteiger charge is 2.48. The van der Waals surface area contributed by atoms with Crippen LogP contribution in [0.3, 0.4) is 0 Å². The van der Waals surface area contributed by atoms with E-state index in [1.165, 1.54) is 24.0 Å². The molecule has 1 amide bonds. The van der Waals surface area contributed by atoms with E-state index in [2.05, 4.69) is 10.3 Å². The number of carbonyl (C=O) groups is 1. The van der Waals surface area contributed by atoms with Crippen molar-refractivity contribution < 1.29 is 13.9 Å². The number of rotatable bonds is 6. The van der Waals surface area contributed by atoms with E-state index < -0.39 is 5.54 Å². The van der Waals surface area contributed by atoms with E-state index in [4.69, 9.17) is 15.5 Å². The molecule has 6 nitrogen and oxygen atoms in total. The Labute approximate surface area is 201 Å². The topological polar surface area (TPSA) is 89.6 Å². The largest absolute Gasteiger partial charge is 0.487 e. The summed E-state index contributed by atoms with van der Waals surface area (Å²) in [7, 11) is 0. The molecular formula is C26H25FN4O2S. The van der Waals surface area contributed by atoms with Crippen LogP contribution in [0.5, 0.6) is 5.75 Å². The van der Waals surface area contributed by atoms with Crippen molar-refractivity contribution in [3.63, 3.8) is 0 Å². The summed E-state index contributed by atoms with van der Waals surface area (Å²) in [6, 6.07) is 17.8. The van der Waals surface area contributed by atoms with Gasteiger partial charge in [-0.1, -0.05) is 48.5 Å². The maximum Gasteiger partial charge on any atom is 0.274 e. The number of pyridine rings is 1. The number of fused-ring (bicyclic) bond motifs is 1. The summed E-state index contributed by atoms with van der Waals surface area (Å²) in [5.74, 6) is 0.923. The third-order valence-electron chi connectivity index (χ3n) is 6.44. The number of hydrogen-bond donors (Lipinski definition) is 2. The predicted octanol–water partition coefficient (Wildman–Crippen LogP) is 5.11. The fraction of sp³-hybridized carbons (Fsp3) is 0.269. The van der Waals surface area contributed by atoms with Crippen LogP contribution >= 0.6 is 11.8 Å². The van der Waals surface area contributed by atoms with Crippen molar-refractivity contribution in [2.75, 3.05) is 11.1 Å². The van der Waals surface area contributed by atoms with Crippen molar-refractivity contribution in [2.45, 2.75) is 31.4 Å². The minimum atomic E-state index is -0.657. The minimum absolute atomic E-state index is 0.232. The number of aliphatic imine (C=N–C) groups is 1. The number of thioether (sulfide) groups is 1. The van der Waals surface area contributed by atoms with E-state index >= 15 is 0 Å². The average molecular weight is 477 g/mol. The molecule has 174 valence electrons. The molecule has 1 fully saturated rings. The summed E-state index contributed by atoms with van der Waals surface area (Å²) in [5.41, 5.74) is 7.65. The van der Waals surface area contributed by atoms with Crippen molar-refractivity contribution in [1.82, 2.24) is 4.98 Å². The van der Waals surface area contributed by atoms with Crippen LogP contribution in [0, 0.1) is 11.7 Å². The lowest BCUT2D eigenvalue weighted by Gasteiger charge is -2.36. The third-order valence-corrected chi connectivity index (χ3v) is 7.39. The summed E-state index contributed by atoms with van der Waals surface area (Å²) in [6.45, 7) is 0.417. The molecule has 2 aromatic carbocycles. The molecule has 1 aliphatic carbocycles. The zero-order chi connectivity index (χ0) is 23.5. The Balaban J connectivity index is 1.30. The van der Waals surface area contributed by atoms with Gasteiger partial charge in [0, 0.05) is 17.0 Å². The molecule has 2 heterocycles. The standard InChI is InChI=1S/C26H25FN4O2S/c27-22-10-8-19(13-21(22)26-12-4-7-18(26)16-34-25(28)31-26)30-24(32)23-11-9-20(14-29-23)33-15-17-5-2-1-3-6-17/h1-3,5-6,8-11,13-14,18H,4,7,12,15-16H2,(H2,28,31)(H,30,32)/t18-,26-/m0/s1. The molecule has 1 saturated carbocycles. The molecule has 0 radical (unpaired) electrons. The van der Waals surface area contributed by atoms with Gasteiger partial charge in [0.05, 0.1) is 11.7 Å². The second-order valence-electron chi connectivity index (χ2n) is 8.58. The van der Waals surface area contributed by atoms with Gasteiger partial charge in [-0.2, -0.15) is 0 Å². The number of hydrogen-bond acceptors (Lipinski definition) is 6. The first kappa shape index (κ1) is 22.4. The quantitative estimate of drug-likeness (QED) is 0.516. The minimum Gasteiger partial charge on any atom is -0.487 e. The number of nitrogens with zero attached hydrogens (tertiary/aromatic N) is 2. The number of amides is 1. The predicted molar refractivity (Wildman–Crippen MR) is 132 cm³/mol. The Morgan fingerprint density at radius 2 is 2.06 bits per heavy atom. The Morgan fingerprint density at radius 3 is 2.85 bits per heavy atom. The van der Waals surface area contributed by atoms with Crippen molar-refractivity contribution >= 4 is 28.5 Å². The van der Waals surface area contributed by atoms with Gasteiger partial charge in [-0.05, 0) is 54.7 Å². The van der Waals surface area contributed by atoms with Crippen LogP contribution in [0.1, 0.15) is 40.9 Å². The molecule has 5 rings (SSSR count). The van der Waals surface area contributed by atoms with E-state index in [9.17, 15) is 9.18 Å². The van der Waals surface area contributed by atoms with Crippen molar-refractivity contribution in [2.24, 2.45) is 16.6 Å². The highest BCUT2D eigenvalue weighted by Crippen LogP contribution is 2.51. The van der Waals surface area contributed by atoms with Crippen molar-refractivity contribution in [3.05, 3.63) is 89.5 Å². The van der Waals surface area contributed by atoms with Crippen molar-refractivity contribution in [1.29, 1.82) is 0 Å². The number of anilines is 1. The van der Waals surface area contributed by atoms with Gasteiger partial charge in [-0.15, -0.1) is 0 Å². The highest BCUT2D eigenvalue weighted by atomic mass is 32.2. The average Bonchev–Trinajstić information content (AvgIpc) is 3.29. The van der Waals surface area contributed by atoms with Crippen LogP contribution in [-0.2, 0) is 12.1 Å². The smallest absolute Gasteiger partial charge is 0.274 e. The SMILES string of the molecule is NC1=N[C@@]2(c3cc(NC(=O)c4ccc(OCc5ccccc5)cn4)ccc3F)CCC[C@H]2CS1. The summed E-state index contributed by atoms with van der Waals surface area (Å²) in [5, 5.41) is 3.33. The highest BCUT2D eigenvalue weighted by molar-refractivity contribution is 8.13. The van der Waals surface area contributed by atoms with Gasteiger partial charge in [-0.25, -0.2) is 9.37 Å². The number of aromatic nitrogens is 1. The van der Waals surface area contributed by atoms with Crippen LogP contribution in [0.25, 0.3) is 0 Å². The Bertz CT molecular complexity index is 1220. The molecule has 3 N–H and O–H groups in total. The van der Waals surface area contributed by atoms with E-state index in [0.29, 0.717) is 28.8 Å². The first-order chi connectivity index (χ1) is 16.5. The Kier molecular flexibility index (Phi) is 6.24. The van der Waals surface area contributed by atoms with Crippen LogP contribution in [0.4, 0.5) is 10.1 Å². The summed E-state index contributed by atoms with van der Waals surface area (Å²) in [4.78, 5) is 21.7. The molecule has 0 saturated heterocycles. The molecular weight excluding hydrogens is 451 g/mol. The van der Waals surface area contributed by atoms with Gasteiger partial charge in [0.15, 0.2) is 5.17 Å². The lowest BCUT2D eigenvalue weighted by atomic mass is 9.81. The molecule has 0 bridgehead atoms. The van der Waals surface area contributed by atoms with Crippen LogP contribution in [0.2, 0.25) is 0 Å². The zero-order valence-corrected chi connectivity index (χ0v) is 19.4. The van der Waals surface area contributed by atoms with Crippen LogP contribution in [-0.4, -0.2) is 21.8 Å². The van der Waals surface area contributed by atoms with E-state index in [0.717, 1.165) is 30.6 Å². The van der Waals surface area contributed by atoms with Gasteiger partial charge < -0.3 is 15.8 Å². The molecule has 1 aliphatic heterocycles. The number of amidine groups is 1. The second kappa shape index (κ2) is 9.46. The van der Waals surface area contributed by atoms with Gasteiger partial charge in [0.1, 0.15) is 23.9 Å². The molecule has 2 aliphatic rings. The van der Waals surface area contributed by atoms with E-state index in [1.54, 1.807) is 24.3 Å². The number of ether oxygens (including phenoxy) is 1. The normalized spacial score (nSPS) is 21.4. The molecule has 2 atom stereocenters. The monoisotopic (exact) mass is 476 g/mol. The molecule has 3 aromatic rings. The third kappa shape index (κ3) is 4.50. The fourth-order valence-corrected chi connectivity index (χ4v) is 5.77. The Hall–Kier alpha value is -3.39. The van der Waals surface area contributed by atoms with Gasteiger partial charge in [-0.3, -0.25) is 9.79 Å². The summed E-state index contributed by atoms with van der Waals surface area (Å²) < 4.78 is 20.7. The summed E-state index contributed by atoms with van der Waals surface area (Å²) >= 11 is 1.53. The number of halogens is 1. The van der Waals surface area contributed by atoms with Crippen molar-refractivity contribution in [3.8, 4) is 5.75 Å². The molecule has 34 heavy (non-hydrogen) atoms. The van der Waals surface area contributed by atoms with Crippen LogP contribution in [0.15, 0.2) is 71.9 Å². The van der Waals surface area contributed by atoms with E-state index in [1.807, 2.05) is 30.3 Å². The lowest BCUT2D eigenvalue weighted by Crippen LogP contribution is -2.37. The maximum atomic E-state index is 15.0. The molecule has 0 spiro atoms. The molecule has 8 heteroatoms. The Morgan fingerprint density at radius 1 is 1.21 bits per heavy atom. The molecule has 0 unspecified atom stereocenters. The van der Waals surface area contributed by atoms with Gasteiger partial charge >= 0.3 is 0 Å². The number of carbonyl (C=O) groups excluding carboxylic acids is 1. The molecule has 1 aromatic heterocycles. The van der Waals surface area contributed by atoms with E-state index in [-0.39, 0.29) is 23.3 Å². The van der Waals surface area contributed by atoms with Gasteiger partial charge in [0.2, 0.25) is 0 Å². The zero-order valence-electron chi connectivity index (χ0n) is 18.5. The van der Waals surface area contributed by atoms with Gasteiger partial charge in [0.25, 0.3) is 5.91 Å². The number of nitrogens with two attached hydrogens (primary N) is 1.